The number of hydrogen-bond donors (Lipinski definition) is 6. The summed E-state index contributed by atoms with van der Waals surface area (Å²) in [5, 5.41) is 47.1. The molecule has 3 aliphatic rings. The number of carbonyl (C=O) groups excluding carboxylic acids is 4. The first-order valence-corrected chi connectivity index (χ1v) is 12.9. The zero-order chi connectivity index (χ0) is 29.9. The van der Waals surface area contributed by atoms with Crippen molar-refractivity contribution >= 4 is 23.6 Å². The van der Waals surface area contributed by atoms with E-state index in [0.717, 1.165) is 0 Å². The van der Waals surface area contributed by atoms with Crippen molar-refractivity contribution < 1.29 is 44.3 Å². The second-order valence-corrected chi connectivity index (χ2v) is 12.1. The lowest BCUT2D eigenvalue weighted by molar-refractivity contribution is -0.148. The van der Waals surface area contributed by atoms with Gasteiger partial charge in [-0.15, -0.1) is 0 Å². The Morgan fingerprint density at radius 1 is 1.18 bits per heavy atom. The van der Waals surface area contributed by atoms with Crippen LogP contribution in [0, 0.1) is 17.3 Å². The van der Waals surface area contributed by atoms with E-state index in [-0.39, 0.29) is 48.3 Å². The number of Topliss-reactive ketones (excluding diaryl/α,β-unsaturated/α-hetero) is 2. The largest absolute Gasteiger partial charge is 0.510 e. The number of primary amides is 1. The molecule has 0 spiro atoms. The molecule has 4 rings (SSSR count). The van der Waals surface area contributed by atoms with Gasteiger partial charge in [0.25, 0.3) is 5.91 Å². The Morgan fingerprint density at radius 2 is 1.82 bits per heavy atom. The van der Waals surface area contributed by atoms with Gasteiger partial charge in [0, 0.05) is 18.0 Å². The smallest absolute Gasteiger partial charge is 0.407 e. The lowest BCUT2D eigenvalue weighted by Gasteiger charge is -2.50. The number of allylic oxidation sites excluding steroid dienone is 1. The molecule has 0 radical (unpaired) electrons. The molecule has 0 heterocycles. The zero-order valence-electron chi connectivity index (χ0n) is 23.1. The summed E-state index contributed by atoms with van der Waals surface area (Å²) in [6, 6.07) is 1.78. The van der Waals surface area contributed by atoms with E-state index < -0.39 is 64.1 Å². The molecule has 0 aliphatic heterocycles. The Morgan fingerprint density at radius 3 is 2.40 bits per heavy atom. The number of phenolic OH excluding ortho intramolecular Hbond substituents is 1. The maximum Gasteiger partial charge on any atom is 0.407 e. The molecule has 0 aromatic heterocycles. The van der Waals surface area contributed by atoms with Crippen molar-refractivity contribution in [1.82, 2.24) is 10.2 Å². The lowest BCUT2D eigenvalue weighted by atomic mass is 9.58. The minimum Gasteiger partial charge on any atom is -0.510 e. The third-order valence-electron chi connectivity index (χ3n) is 7.76. The number of rotatable bonds is 5. The number of ketones is 2. The van der Waals surface area contributed by atoms with Gasteiger partial charge in [0.2, 0.25) is 5.78 Å². The average Bonchev–Trinajstić information content (AvgIpc) is 2.83. The summed E-state index contributed by atoms with van der Waals surface area (Å²) in [5.74, 6) is -7.13. The molecule has 0 saturated carbocycles. The second-order valence-electron chi connectivity index (χ2n) is 12.1. The van der Waals surface area contributed by atoms with Crippen LogP contribution >= 0.6 is 0 Å². The van der Waals surface area contributed by atoms with Gasteiger partial charge in [0.05, 0.1) is 18.2 Å². The van der Waals surface area contributed by atoms with Crippen molar-refractivity contribution in [2.45, 2.75) is 51.8 Å². The summed E-state index contributed by atoms with van der Waals surface area (Å²) in [6.45, 7) is 5.93. The highest BCUT2D eigenvalue weighted by molar-refractivity contribution is 6.24. The Balaban J connectivity index is 1.76. The van der Waals surface area contributed by atoms with E-state index in [4.69, 9.17) is 10.5 Å². The van der Waals surface area contributed by atoms with Crippen LogP contribution in [0.4, 0.5) is 4.79 Å². The monoisotopic (exact) mass is 557 g/mol. The normalized spacial score (nSPS) is 26.3. The highest BCUT2D eigenvalue weighted by atomic mass is 16.5. The van der Waals surface area contributed by atoms with Crippen molar-refractivity contribution in [3.63, 3.8) is 0 Å². The molecule has 0 unspecified atom stereocenters. The van der Waals surface area contributed by atoms with E-state index in [9.17, 15) is 39.6 Å². The minimum atomic E-state index is -2.70. The lowest BCUT2D eigenvalue weighted by Crippen LogP contribution is -2.63. The van der Waals surface area contributed by atoms with Gasteiger partial charge in [-0.2, -0.15) is 0 Å². The maximum absolute atomic E-state index is 13.7. The number of nitrogens with one attached hydrogen (secondary N) is 1. The fourth-order valence-electron chi connectivity index (χ4n) is 5.98. The number of carbonyl (C=O) groups is 4. The number of hydrogen-bond acceptors (Lipinski definition) is 10. The SMILES string of the molecule is CN(C)[C@H]1C(O)=C(C(N)=O)C(=O)[C@]2(O)C(O)=C3C(=O)c4c(O)ccc(CNC(=O)OCC(C)(C)C)c4C[C@H]3C[C@@H]12. The predicted molar refractivity (Wildman–Crippen MR) is 141 cm³/mol. The number of ether oxygens (including phenoxy) is 1. The third-order valence-corrected chi connectivity index (χ3v) is 7.76. The van der Waals surface area contributed by atoms with E-state index in [2.05, 4.69) is 5.32 Å². The first kappa shape index (κ1) is 29.1. The average molecular weight is 558 g/mol. The first-order chi connectivity index (χ1) is 18.5. The van der Waals surface area contributed by atoms with Crippen molar-refractivity contribution in [2.24, 2.45) is 23.0 Å². The summed E-state index contributed by atoms with van der Waals surface area (Å²) in [4.78, 5) is 52.9. The molecule has 40 heavy (non-hydrogen) atoms. The molecule has 1 aromatic rings. The molecule has 7 N–H and O–H groups in total. The van der Waals surface area contributed by atoms with E-state index in [0.29, 0.717) is 11.1 Å². The standard InChI is InChI=1S/C28H35N3O9/c1-27(2,3)11-40-26(38)30-10-12-6-7-16(32)18-14(12)8-13-9-15-20(31(4)5)22(34)19(25(29)37)24(36)28(15,39)23(35)17(13)21(18)33/h6-7,13,15,20,32,34-35,39H,8-11H2,1-5H3,(H2,29,37)(H,30,38)/t13-,15-,20+,28+/m0/s1. The number of fused-ring (bicyclic) bond motifs is 3. The van der Waals surface area contributed by atoms with Crippen LogP contribution in [0.3, 0.4) is 0 Å². The van der Waals surface area contributed by atoms with Crippen LogP contribution in [0.5, 0.6) is 5.75 Å². The van der Waals surface area contributed by atoms with Crippen molar-refractivity contribution in [1.29, 1.82) is 0 Å². The molecule has 12 heteroatoms. The summed E-state index contributed by atoms with van der Waals surface area (Å²) >= 11 is 0. The van der Waals surface area contributed by atoms with Gasteiger partial charge in [0.1, 0.15) is 22.8 Å². The van der Waals surface area contributed by atoms with Gasteiger partial charge in [-0.05, 0) is 55.5 Å². The molecule has 3 aliphatic carbocycles. The number of benzene rings is 1. The quantitative estimate of drug-likeness (QED) is 0.287. The van der Waals surface area contributed by atoms with Crippen LogP contribution in [0.1, 0.15) is 48.7 Å². The number of alkyl carbamates (subject to hydrolysis) is 1. The summed E-state index contributed by atoms with van der Waals surface area (Å²) in [6.07, 6.45) is -0.555. The van der Waals surface area contributed by atoms with Gasteiger partial charge in [-0.25, -0.2) is 4.79 Å². The zero-order valence-corrected chi connectivity index (χ0v) is 23.1. The number of nitrogens with two attached hydrogens (primary N) is 1. The number of aliphatic hydroxyl groups excluding tert-OH is 2. The van der Waals surface area contributed by atoms with Gasteiger partial charge in [0.15, 0.2) is 11.4 Å². The van der Waals surface area contributed by atoms with Gasteiger partial charge >= 0.3 is 6.09 Å². The molecular weight excluding hydrogens is 522 g/mol. The van der Waals surface area contributed by atoms with Gasteiger partial charge in [-0.1, -0.05) is 26.8 Å². The second kappa shape index (κ2) is 9.93. The fourth-order valence-corrected chi connectivity index (χ4v) is 5.98. The van der Waals surface area contributed by atoms with Crippen LogP contribution in [-0.4, -0.2) is 81.2 Å². The van der Waals surface area contributed by atoms with Crippen LogP contribution in [0.15, 0.2) is 34.8 Å². The van der Waals surface area contributed by atoms with Crippen molar-refractivity contribution in [3.05, 3.63) is 51.5 Å². The topological polar surface area (TPSA) is 200 Å². The Hall–Kier alpha value is -3.90. The molecule has 4 atom stereocenters. The summed E-state index contributed by atoms with van der Waals surface area (Å²) in [7, 11) is 3.13. The summed E-state index contributed by atoms with van der Waals surface area (Å²) in [5.41, 5.74) is 2.16. The highest BCUT2D eigenvalue weighted by Crippen LogP contribution is 2.52. The van der Waals surface area contributed by atoms with Crippen LogP contribution in [-0.2, 0) is 27.3 Å². The van der Waals surface area contributed by atoms with Crippen LogP contribution < -0.4 is 11.1 Å². The molecule has 0 bridgehead atoms. The maximum atomic E-state index is 13.7. The molecule has 1 aromatic carbocycles. The van der Waals surface area contributed by atoms with E-state index in [1.165, 1.54) is 11.0 Å². The molecular formula is C28H35N3O9. The number of likely N-dealkylation sites (N-methyl/N-ethyl adjacent to an activating group) is 1. The van der Waals surface area contributed by atoms with E-state index in [1.54, 1.807) is 20.2 Å². The summed E-state index contributed by atoms with van der Waals surface area (Å²) < 4.78 is 5.24. The Bertz CT molecular complexity index is 1370. The Labute approximate surface area is 231 Å². The number of phenols is 1. The molecule has 2 amide bonds. The number of amides is 2. The van der Waals surface area contributed by atoms with Gasteiger partial charge < -0.3 is 36.2 Å². The molecule has 0 fully saturated rings. The predicted octanol–water partition coefficient (Wildman–Crippen LogP) is 1.39. The van der Waals surface area contributed by atoms with E-state index >= 15 is 0 Å². The van der Waals surface area contributed by atoms with Crippen molar-refractivity contribution in [2.75, 3.05) is 20.7 Å². The fraction of sp³-hybridized carbons (Fsp3) is 0.500. The van der Waals surface area contributed by atoms with Crippen LogP contribution in [0.25, 0.3) is 0 Å². The van der Waals surface area contributed by atoms with Gasteiger partial charge in [-0.3, -0.25) is 19.3 Å². The molecule has 12 nitrogen and oxygen atoms in total. The van der Waals surface area contributed by atoms with Crippen LogP contribution in [0.2, 0.25) is 0 Å². The molecule has 0 saturated heterocycles. The van der Waals surface area contributed by atoms with E-state index in [1.807, 2.05) is 20.8 Å². The number of nitrogens with zero attached hydrogens (tertiary/aromatic N) is 1. The number of aromatic hydroxyl groups is 1. The number of aliphatic hydroxyl groups is 3. The molecule has 216 valence electrons. The Kier molecular flexibility index (Phi) is 7.22. The first-order valence-electron chi connectivity index (χ1n) is 12.9. The third kappa shape index (κ3) is 4.60. The van der Waals surface area contributed by atoms with Crippen molar-refractivity contribution in [3.8, 4) is 5.75 Å². The minimum absolute atomic E-state index is 0.00566. The highest BCUT2D eigenvalue weighted by Gasteiger charge is 2.63.